The van der Waals surface area contributed by atoms with Gasteiger partial charge in [0.2, 0.25) is 5.91 Å². The lowest BCUT2D eigenvalue weighted by Gasteiger charge is -2.14. The first-order valence-corrected chi connectivity index (χ1v) is 8.06. The van der Waals surface area contributed by atoms with E-state index >= 15 is 0 Å². The minimum Gasteiger partial charge on any atom is -0.350 e. The van der Waals surface area contributed by atoms with Gasteiger partial charge in [0.1, 0.15) is 6.04 Å². The van der Waals surface area contributed by atoms with E-state index in [1.54, 1.807) is 4.68 Å². The standard InChI is InChI=1S/C15H19ClF3N5O/c1-5-23-7-11(8(2)21-23)6-20-14(25)10(4)24-9(3)12(16)13(22-24)15(17,18)19/h7,10H,5-6H2,1-4H3,(H,20,25). The highest BCUT2D eigenvalue weighted by Crippen LogP contribution is 2.36. The maximum atomic E-state index is 12.9. The Morgan fingerprint density at radius 1 is 1.36 bits per heavy atom. The number of aryl methyl sites for hydroxylation is 2. The van der Waals surface area contributed by atoms with Crippen molar-refractivity contribution in [2.75, 3.05) is 0 Å². The van der Waals surface area contributed by atoms with Gasteiger partial charge < -0.3 is 5.32 Å². The molecule has 0 spiro atoms. The Kier molecular flexibility index (Phi) is 5.46. The summed E-state index contributed by atoms with van der Waals surface area (Å²) in [7, 11) is 0. The molecule has 1 atom stereocenters. The molecule has 0 aliphatic rings. The van der Waals surface area contributed by atoms with E-state index in [1.807, 2.05) is 20.0 Å². The Labute approximate surface area is 147 Å². The van der Waals surface area contributed by atoms with Crippen molar-refractivity contribution in [1.82, 2.24) is 24.9 Å². The zero-order valence-electron chi connectivity index (χ0n) is 14.3. The molecule has 1 N–H and O–H groups in total. The fourth-order valence-electron chi connectivity index (χ4n) is 2.39. The minimum atomic E-state index is -4.67. The number of rotatable bonds is 5. The van der Waals surface area contributed by atoms with Crippen molar-refractivity contribution in [3.05, 3.63) is 33.9 Å². The molecule has 1 unspecified atom stereocenters. The van der Waals surface area contributed by atoms with Crippen LogP contribution in [0.25, 0.3) is 0 Å². The number of aromatic nitrogens is 4. The highest BCUT2D eigenvalue weighted by molar-refractivity contribution is 6.32. The maximum absolute atomic E-state index is 12.9. The van der Waals surface area contributed by atoms with Gasteiger partial charge in [-0.3, -0.25) is 14.2 Å². The summed E-state index contributed by atoms with van der Waals surface area (Å²) in [5, 5.41) is 9.94. The lowest BCUT2D eigenvalue weighted by Crippen LogP contribution is -2.31. The van der Waals surface area contributed by atoms with Crippen LogP contribution in [0.2, 0.25) is 5.02 Å². The number of nitrogens with zero attached hydrogens (tertiary/aromatic N) is 4. The van der Waals surface area contributed by atoms with Crippen molar-refractivity contribution >= 4 is 17.5 Å². The third kappa shape index (κ3) is 3.97. The summed E-state index contributed by atoms with van der Waals surface area (Å²) >= 11 is 5.71. The lowest BCUT2D eigenvalue weighted by molar-refractivity contribution is -0.141. The van der Waals surface area contributed by atoms with Gasteiger partial charge in [0, 0.05) is 24.8 Å². The van der Waals surface area contributed by atoms with Crippen LogP contribution in [0.1, 0.15) is 42.5 Å². The molecule has 2 aromatic heterocycles. The number of nitrogens with one attached hydrogen (secondary N) is 1. The van der Waals surface area contributed by atoms with Gasteiger partial charge in [0.25, 0.3) is 0 Å². The van der Waals surface area contributed by atoms with Crippen LogP contribution in [-0.2, 0) is 24.1 Å². The van der Waals surface area contributed by atoms with Crippen LogP contribution < -0.4 is 5.32 Å². The number of alkyl halides is 3. The Bertz CT molecular complexity index is 781. The Morgan fingerprint density at radius 2 is 2.00 bits per heavy atom. The molecule has 0 saturated heterocycles. The average Bonchev–Trinajstić information content (AvgIpc) is 3.04. The molecular formula is C15H19ClF3N5O. The van der Waals surface area contributed by atoms with Gasteiger partial charge in [-0.25, -0.2) is 0 Å². The zero-order valence-corrected chi connectivity index (χ0v) is 15.0. The van der Waals surface area contributed by atoms with Crippen LogP contribution in [-0.4, -0.2) is 25.5 Å². The number of carbonyl (C=O) groups excluding carboxylic acids is 1. The van der Waals surface area contributed by atoms with Crippen LogP contribution in [0.3, 0.4) is 0 Å². The van der Waals surface area contributed by atoms with E-state index in [4.69, 9.17) is 11.6 Å². The van der Waals surface area contributed by atoms with E-state index < -0.39 is 28.8 Å². The predicted molar refractivity (Wildman–Crippen MR) is 86.2 cm³/mol. The lowest BCUT2D eigenvalue weighted by atomic mass is 10.2. The van der Waals surface area contributed by atoms with E-state index in [0.29, 0.717) is 6.54 Å². The number of halogens is 4. The molecule has 0 aliphatic heterocycles. The van der Waals surface area contributed by atoms with E-state index in [0.717, 1.165) is 15.9 Å². The Morgan fingerprint density at radius 3 is 2.48 bits per heavy atom. The van der Waals surface area contributed by atoms with Crippen molar-refractivity contribution in [3.8, 4) is 0 Å². The molecular weight excluding hydrogens is 359 g/mol. The molecule has 0 fully saturated rings. The smallest absolute Gasteiger partial charge is 0.350 e. The number of hydrogen-bond acceptors (Lipinski definition) is 3. The molecule has 0 bridgehead atoms. The maximum Gasteiger partial charge on any atom is 0.436 e. The van der Waals surface area contributed by atoms with E-state index in [2.05, 4.69) is 15.5 Å². The van der Waals surface area contributed by atoms with Gasteiger partial charge in [0.05, 0.1) is 16.4 Å². The topological polar surface area (TPSA) is 64.7 Å². The minimum absolute atomic E-state index is 0.0895. The van der Waals surface area contributed by atoms with Gasteiger partial charge in [0.15, 0.2) is 5.69 Å². The summed E-state index contributed by atoms with van der Waals surface area (Å²) in [4.78, 5) is 12.3. The summed E-state index contributed by atoms with van der Waals surface area (Å²) in [6.45, 7) is 7.56. The molecule has 10 heteroatoms. The van der Waals surface area contributed by atoms with Gasteiger partial charge in [-0.15, -0.1) is 0 Å². The van der Waals surface area contributed by atoms with Crippen LogP contribution >= 0.6 is 11.6 Å². The summed E-state index contributed by atoms with van der Waals surface area (Å²) in [6, 6.07) is -0.935. The molecule has 1 amide bonds. The van der Waals surface area contributed by atoms with Crippen LogP contribution in [0, 0.1) is 13.8 Å². The van der Waals surface area contributed by atoms with Crippen LogP contribution in [0.5, 0.6) is 0 Å². The quantitative estimate of drug-likeness (QED) is 0.869. The molecule has 0 saturated carbocycles. The van der Waals surface area contributed by atoms with E-state index in [9.17, 15) is 18.0 Å². The third-order valence-corrected chi connectivity index (χ3v) is 4.37. The second-order valence-electron chi connectivity index (χ2n) is 5.68. The first-order valence-electron chi connectivity index (χ1n) is 7.68. The SMILES string of the molecule is CCn1cc(CNC(=O)C(C)n2nc(C(F)(F)F)c(Cl)c2C)c(C)n1. The Balaban J connectivity index is 2.13. The molecule has 0 radical (unpaired) electrons. The molecule has 138 valence electrons. The molecule has 0 aliphatic carbocycles. The van der Waals surface area contributed by atoms with Crippen molar-refractivity contribution in [1.29, 1.82) is 0 Å². The normalized spacial score (nSPS) is 13.1. The summed E-state index contributed by atoms with van der Waals surface area (Å²) in [5.41, 5.74) is 0.527. The molecule has 2 heterocycles. The van der Waals surface area contributed by atoms with Gasteiger partial charge in [-0.2, -0.15) is 23.4 Å². The van der Waals surface area contributed by atoms with Crippen LogP contribution in [0.15, 0.2) is 6.20 Å². The molecule has 25 heavy (non-hydrogen) atoms. The predicted octanol–water partition coefficient (Wildman–Crippen LogP) is 3.27. The number of amides is 1. The molecule has 0 aromatic carbocycles. The summed E-state index contributed by atoms with van der Waals surface area (Å²) in [5.74, 6) is -0.459. The zero-order chi connectivity index (χ0) is 18.9. The van der Waals surface area contributed by atoms with Gasteiger partial charge in [-0.05, 0) is 27.7 Å². The second-order valence-corrected chi connectivity index (χ2v) is 6.06. The van der Waals surface area contributed by atoms with Gasteiger partial charge in [-0.1, -0.05) is 11.6 Å². The first kappa shape index (κ1) is 19.3. The average molecular weight is 378 g/mol. The molecule has 2 aromatic rings. The van der Waals surface area contributed by atoms with Crippen LogP contribution in [0.4, 0.5) is 13.2 Å². The first-order chi connectivity index (χ1) is 11.6. The largest absolute Gasteiger partial charge is 0.436 e. The van der Waals surface area contributed by atoms with E-state index in [-0.39, 0.29) is 12.2 Å². The Hall–Kier alpha value is -2.03. The summed E-state index contributed by atoms with van der Waals surface area (Å²) in [6.07, 6.45) is -2.85. The van der Waals surface area contributed by atoms with Crippen molar-refractivity contribution in [2.24, 2.45) is 0 Å². The van der Waals surface area contributed by atoms with Crippen molar-refractivity contribution in [2.45, 2.75) is 53.0 Å². The van der Waals surface area contributed by atoms with Crippen molar-refractivity contribution in [3.63, 3.8) is 0 Å². The second kappa shape index (κ2) is 7.07. The fourth-order valence-corrected chi connectivity index (χ4v) is 2.62. The highest BCUT2D eigenvalue weighted by Gasteiger charge is 2.39. The summed E-state index contributed by atoms with van der Waals surface area (Å²) < 4.78 is 41.4. The number of carbonyl (C=O) groups is 1. The monoisotopic (exact) mass is 377 g/mol. The fraction of sp³-hybridized carbons (Fsp3) is 0.533. The van der Waals surface area contributed by atoms with E-state index in [1.165, 1.54) is 13.8 Å². The van der Waals surface area contributed by atoms with Crippen molar-refractivity contribution < 1.29 is 18.0 Å². The molecule has 6 nitrogen and oxygen atoms in total. The van der Waals surface area contributed by atoms with Gasteiger partial charge >= 0.3 is 6.18 Å². The molecule has 2 rings (SSSR count). The third-order valence-electron chi connectivity index (χ3n) is 3.92. The number of hydrogen-bond donors (Lipinski definition) is 1. The highest BCUT2D eigenvalue weighted by atomic mass is 35.5.